The lowest BCUT2D eigenvalue weighted by Crippen LogP contribution is -2.26. The highest BCUT2D eigenvalue weighted by Crippen LogP contribution is 2.21. The molecule has 0 aliphatic rings. The number of ether oxygens (including phenoxy) is 1. The normalized spacial score (nSPS) is 12.2. The summed E-state index contributed by atoms with van der Waals surface area (Å²) in [5, 5.41) is 11.8. The van der Waals surface area contributed by atoms with Crippen LogP contribution in [0.25, 0.3) is 0 Å². The predicted octanol–water partition coefficient (Wildman–Crippen LogP) is 0.965. The van der Waals surface area contributed by atoms with E-state index in [2.05, 4.69) is 10.1 Å². The summed E-state index contributed by atoms with van der Waals surface area (Å²) in [6.45, 7) is 0. The van der Waals surface area contributed by atoms with Crippen molar-refractivity contribution in [2.75, 3.05) is 14.2 Å². The summed E-state index contributed by atoms with van der Waals surface area (Å²) in [5.41, 5.74) is 0.321. The third-order valence-electron chi connectivity index (χ3n) is 1.96. The van der Waals surface area contributed by atoms with Crippen LogP contribution >= 0.6 is 0 Å². The lowest BCUT2D eigenvalue weighted by molar-refractivity contribution is -0.143. The molecule has 0 saturated carbocycles. The number of halogens is 1. The van der Waals surface area contributed by atoms with E-state index in [1.54, 1.807) is 7.05 Å². The number of rotatable bonds is 3. The van der Waals surface area contributed by atoms with Crippen LogP contribution in [0.15, 0.2) is 18.2 Å². The fourth-order valence-electron chi connectivity index (χ4n) is 1.30. The van der Waals surface area contributed by atoms with Crippen LogP contribution < -0.4 is 5.32 Å². The molecule has 1 atom stereocenters. The number of phenols is 1. The van der Waals surface area contributed by atoms with Crippen LogP contribution in [0.3, 0.4) is 0 Å². The van der Waals surface area contributed by atoms with Gasteiger partial charge in [0.2, 0.25) is 0 Å². The van der Waals surface area contributed by atoms with Crippen molar-refractivity contribution in [1.29, 1.82) is 0 Å². The van der Waals surface area contributed by atoms with Gasteiger partial charge in [0.25, 0.3) is 0 Å². The van der Waals surface area contributed by atoms with Gasteiger partial charge in [0, 0.05) is 6.07 Å². The molecule has 15 heavy (non-hydrogen) atoms. The first-order chi connectivity index (χ1) is 7.08. The number of benzene rings is 1. The number of nitrogens with one attached hydrogen (secondary N) is 1. The lowest BCUT2D eigenvalue weighted by Gasteiger charge is -2.14. The van der Waals surface area contributed by atoms with Gasteiger partial charge >= 0.3 is 5.97 Å². The summed E-state index contributed by atoms with van der Waals surface area (Å²) >= 11 is 0. The molecule has 0 spiro atoms. The second-order valence-corrected chi connectivity index (χ2v) is 2.99. The molecule has 0 aliphatic carbocycles. The fourth-order valence-corrected chi connectivity index (χ4v) is 1.30. The van der Waals surface area contributed by atoms with Crippen molar-refractivity contribution in [3.8, 4) is 5.75 Å². The van der Waals surface area contributed by atoms with Gasteiger partial charge in [-0.25, -0.2) is 9.18 Å². The van der Waals surface area contributed by atoms with Gasteiger partial charge in [-0.05, 0) is 24.7 Å². The molecule has 4 nitrogen and oxygen atoms in total. The van der Waals surface area contributed by atoms with Crippen LogP contribution in [-0.4, -0.2) is 25.2 Å². The van der Waals surface area contributed by atoms with Crippen LogP contribution in [0.2, 0.25) is 0 Å². The number of hydrogen-bond acceptors (Lipinski definition) is 4. The summed E-state index contributed by atoms with van der Waals surface area (Å²) in [5.74, 6) is -1.37. The molecule has 0 aliphatic heterocycles. The molecule has 1 unspecified atom stereocenters. The monoisotopic (exact) mass is 213 g/mol. The first kappa shape index (κ1) is 11.5. The first-order valence-electron chi connectivity index (χ1n) is 4.33. The molecule has 1 aromatic rings. The van der Waals surface area contributed by atoms with Gasteiger partial charge in [-0.1, -0.05) is 0 Å². The highest BCUT2D eigenvalue weighted by molar-refractivity contribution is 5.77. The average Bonchev–Trinajstić information content (AvgIpc) is 2.17. The van der Waals surface area contributed by atoms with Crippen molar-refractivity contribution in [1.82, 2.24) is 5.32 Å². The summed E-state index contributed by atoms with van der Waals surface area (Å²) in [6, 6.07) is 2.66. The van der Waals surface area contributed by atoms with E-state index in [0.29, 0.717) is 5.56 Å². The van der Waals surface area contributed by atoms with Crippen molar-refractivity contribution >= 4 is 5.97 Å². The van der Waals surface area contributed by atoms with Gasteiger partial charge in [-0.15, -0.1) is 0 Å². The minimum Gasteiger partial charge on any atom is -0.508 e. The topological polar surface area (TPSA) is 58.6 Å². The quantitative estimate of drug-likeness (QED) is 0.734. The van der Waals surface area contributed by atoms with E-state index in [9.17, 15) is 14.3 Å². The molecular formula is C10H12FNO3. The van der Waals surface area contributed by atoms with Crippen LogP contribution in [0.1, 0.15) is 11.6 Å². The van der Waals surface area contributed by atoms with Gasteiger partial charge in [0.1, 0.15) is 17.6 Å². The first-order valence-corrected chi connectivity index (χ1v) is 4.33. The molecule has 0 heterocycles. The molecule has 0 aromatic heterocycles. The van der Waals surface area contributed by atoms with Crippen LogP contribution in [0, 0.1) is 5.82 Å². The van der Waals surface area contributed by atoms with E-state index in [4.69, 9.17) is 0 Å². The Morgan fingerprint density at radius 2 is 2.20 bits per heavy atom. The molecule has 0 fully saturated rings. The molecule has 0 amide bonds. The van der Waals surface area contributed by atoms with Crippen LogP contribution in [0.5, 0.6) is 5.75 Å². The Kier molecular flexibility index (Phi) is 3.62. The standard InChI is InChI=1S/C10H12FNO3/c1-12-9(10(14)15-2)6-3-7(11)5-8(13)4-6/h3-5,9,12-13H,1-2H3. The van der Waals surface area contributed by atoms with Crippen molar-refractivity contribution in [3.05, 3.63) is 29.6 Å². The SMILES string of the molecule is CNC(C(=O)OC)c1cc(O)cc(F)c1. The molecule has 1 aromatic carbocycles. The Morgan fingerprint density at radius 1 is 1.53 bits per heavy atom. The van der Waals surface area contributed by atoms with Crippen LogP contribution in [-0.2, 0) is 9.53 Å². The Hall–Kier alpha value is -1.62. The zero-order valence-electron chi connectivity index (χ0n) is 8.45. The molecule has 5 heteroatoms. The highest BCUT2D eigenvalue weighted by atomic mass is 19.1. The van der Waals surface area contributed by atoms with Gasteiger partial charge in [-0.3, -0.25) is 0 Å². The van der Waals surface area contributed by atoms with E-state index in [0.717, 1.165) is 12.1 Å². The van der Waals surface area contributed by atoms with E-state index in [1.807, 2.05) is 0 Å². The second kappa shape index (κ2) is 4.75. The van der Waals surface area contributed by atoms with Gasteiger partial charge in [-0.2, -0.15) is 0 Å². The third-order valence-corrected chi connectivity index (χ3v) is 1.96. The maximum Gasteiger partial charge on any atom is 0.327 e. The maximum absolute atomic E-state index is 13.0. The zero-order valence-corrected chi connectivity index (χ0v) is 8.45. The number of phenolic OH excluding ortho intramolecular Hbond substituents is 1. The molecule has 0 radical (unpaired) electrons. The number of carbonyl (C=O) groups excluding carboxylic acids is 1. The Balaban J connectivity index is 3.06. The number of esters is 1. The molecule has 0 bridgehead atoms. The predicted molar refractivity (Wildman–Crippen MR) is 51.9 cm³/mol. The zero-order chi connectivity index (χ0) is 11.4. The Bertz CT molecular complexity index is 347. The molecule has 2 N–H and O–H groups in total. The third kappa shape index (κ3) is 2.66. The fraction of sp³-hybridized carbons (Fsp3) is 0.300. The second-order valence-electron chi connectivity index (χ2n) is 2.99. The van der Waals surface area contributed by atoms with Gasteiger partial charge in [0.15, 0.2) is 0 Å². The largest absolute Gasteiger partial charge is 0.508 e. The number of methoxy groups -OCH3 is 1. The van der Waals surface area contributed by atoms with Gasteiger partial charge < -0.3 is 15.2 Å². The Morgan fingerprint density at radius 3 is 2.67 bits per heavy atom. The number of carbonyl (C=O) groups is 1. The van der Waals surface area contributed by atoms with Crippen molar-refractivity contribution in [2.24, 2.45) is 0 Å². The van der Waals surface area contributed by atoms with Crippen molar-refractivity contribution < 1.29 is 19.0 Å². The van der Waals surface area contributed by atoms with E-state index >= 15 is 0 Å². The van der Waals surface area contributed by atoms with E-state index in [1.165, 1.54) is 13.2 Å². The van der Waals surface area contributed by atoms with Crippen molar-refractivity contribution in [3.63, 3.8) is 0 Å². The van der Waals surface area contributed by atoms with Crippen LogP contribution in [0.4, 0.5) is 4.39 Å². The van der Waals surface area contributed by atoms with Crippen molar-refractivity contribution in [2.45, 2.75) is 6.04 Å². The minimum absolute atomic E-state index is 0.228. The van der Waals surface area contributed by atoms with E-state index < -0.39 is 17.8 Å². The molecule has 1 rings (SSSR count). The number of hydrogen-bond donors (Lipinski definition) is 2. The summed E-state index contributed by atoms with van der Waals surface area (Å²) in [4.78, 5) is 11.3. The molecule has 82 valence electrons. The van der Waals surface area contributed by atoms with E-state index in [-0.39, 0.29) is 5.75 Å². The molecular weight excluding hydrogens is 201 g/mol. The summed E-state index contributed by atoms with van der Waals surface area (Å²) in [6.07, 6.45) is 0. The average molecular weight is 213 g/mol. The number of likely N-dealkylation sites (N-methyl/N-ethyl adjacent to an activating group) is 1. The molecule has 0 saturated heterocycles. The Labute approximate surface area is 86.7 Å². The summed E-state index contributed by atoms with van der Waals surface area (Å²) < 4.78 is 17.5. The number of aromatic hydroxyl groups is 1. The lowest BCUT2D eigenvalue weighted by atomic mass is 10.1. The minimum atomic E-state index is -0.781. The highest BCUT2D eigenvalue weighted by Gasteiger charge is 2.20. The smallest absolute Gasteiger partial charge is 0.327 e. The van der Waals surface area contributed by atoms with Gasteiger partial charge in [0.05, 0.1) is 7.11 Å². The summed E-state index contributed by atoms with van der Waals surface area (Å²) in [7, 11) is 2.79. The maximum atomic E-state index is 13.0.